The third-order valence-corrected chi connectivity index (χ3v) is 5.22. The Morgan fingerprint density at radius 1 is 0.867 bits per heavy atom. The van der Waals surface area contributed by atoms with E-state index in [0.29, 0.717) is 12.0 Å². The monoisotopic (exact) mass is 419 g/mol. The van der Waals surface area contributed by atoms with Crippen molar-refractivity contribution >= 4 is 26.3 Å². The number of benzene rings is 3. The predicted octanol–water partition coefficient (Wildman–Crippen LogP) is 3.70. The Labute approximate surface area is 179 Å². The van der Waals surface area contributed by atoms with Crippen molar-refractivity contribution in [3.8, 4) is 0 Å². The molecule has 0 amide bonds. The van der Waals surface area contributed by atoms with Gasteiger partial charge in [-0.1, -0.05) is 84.9 Å². The van der Waals surface area contributed by atoms with Gasteiger partial charge in [0.15, 0.2) is 5.78 Å². The lowest BCUT2D eigenvalue weighted by atomic mass is 10.0. The van der Waals surface area contributed by atoms with E-state index in [9.17, 15) is 9.59 Å². The minimum atomic E-state index is -0.629. The summed E-state index contributed by atoms with van der Waals surface area (Å²) in [6.07, 6.45) is 0.441. The average Bonchev–Trinajstić information content (AvgIpc) is 2.78. The fraction of sp³-hybridized carbons (Fsp3) is 0.200. The molecule has 3 aromatic carbocycles. The first-order valence-corrected chi connectivity index (χ1v) is 10.5. The first kappa shape index (κ1) is 21.9. The second kappa shape index (κ2) is 10.8. The Balaban J connectivity index is 1.69. The minimum Gasteiger partial charge on any atom is -0.460 e. The second-order valence-corrected chi connectivity index (χ2v) is 7.88. The fourth-order valence-corrected chi connectivity index (χ4v) is 3.35. The Morgan fingerprint density at radius 2 is 1.47 bits per heavy atom. The van der Waals surface area contributed by atoms with Crippen LogP contribution in [0.1, 0.15) is 28.4 Å². The number of Topliss-reactive ketones (excluding diaryl/α,β-unsaturated/α-hetero) is 1. The lowest BCUT2D eigenvalue weighted by molar-refractivity contribution is -0.147. The second-order valence-electron chi connectivity index (χ2n) is 7.21. The molecule has 3 aromatic rings. The molecule has 1 N–H and O–H groups in total. The van der Waals surface area contributed by atoms with E-state index in [1.54, 1.807) is 19.1 Å². The molecule has 0 aromatic heterocycles. The molecule has 0 saturated heterocycles. The summed E-state index contributed by atoms with van der Waals surface area (Å²) in [6, 6.07) is 25.4. The summed E-state index contributed by atoms with van der Waals surface area (Å²) in [5.41, 5.74) is 2.53. The Hall–Kier alpha value is -2.81. The molecule has 4 nitrogen and oxygen atoms in total. The first-order valence-electron chi connectivity index (χ1n) is 9.93. The molecule has 5 heteroatoms. The van der Waals surface area contributed by atoms with Crippen molar-refractivity contribution in [2.75, 3.05) is 0 Å². The predicted molar refractivity (Wildman–Crippen MR) is 123 cm³/mol. The molecule has 0 spiro atoms. The molecule has 0 fully saturated rings. The largest absolute Gasteiger partial charge is 0.460 e. The summed E-state index contributed by atoms with van der Waals surface area (Å²) < 4.78 is 5.57. The van der Waals surface area contributed by atoms with Crippen molar-refractivity contribution in [3.05, 3.63) is 102 Å². The van der Waals surface area contributed by atoms with Crippen LogP contribution in [-0.2, 0) is 22.6 Å². The van der Waals surface area contributed by atoms with Crippen LogP contribution >= 0.6 is 9.24 Å². The highest BCUT2D eigenvalue weighted by Gasteiger charge is 2.25. The van der Waals surface area contributed by atoms with E-state index >= 15 is 0 Å². The molecular formula is C25H26NO3P. The number of ketones is 1. The number of hydrogen-bond acceptors (Lipinski definition) is 4. The number of carbonyl (C=O) groups excluding carboxylic acids is 2. The van der Waals surface area contributed by atoms with E-state index in [1.807, 2.05) is 72.8 Å². The van der Waals surface area contributed by atoms with E-state index in [4.69, 9.17) is 4.74 Å². The number of hydrogen-bond donors (Lipinski definition) is 1. The van der Waals surface area contributed by atoms with Crippen LogP contribution in [-0.4, -0.2) is 23.8 Å². The van der Waals surface area contributed by atoms with Gasteiger partial charge in [0.25, 0.3) is 0 Å². The van der Waals surface area contributed by atoms with Gasteiger partial charge >= 0.3 is 5.97 Å². The summed E-state index contributed by atoms with van der Waals surface area (Å²) in [5.74, 6) is -0.431. The van der Waals surface area contributed by atoms with Gasteiger partial charge in [0.2, 0.25) is 0 Å². The normalized spacial score (nSPS) is 12.7. The minimum absolute atomic E-state index is 0.0579. The summed E-state index contributed by atoms with van der Waals surface area (Å²) >= 11 is 0. The van der Waals surface area contributed by atoms with Crippen molar-refractivity contribution < 1.29 is 14.3 Å². The van der Waals surface area contributed by atoms with Gasteiger partial charge in [-0.05, 0) is 29.8 Å². The topological polar surface area (TPSA) is 55.4 Å². The average molecular weight is 419 g/mol. The van der Waals surface area contributed by atoms with Gasteiger partial charge in [-0.2, -0.15) is 0 Å². The van der Waals surface area contributed by atoms with Crippen LogP contribution in [0, 0.1) is 0 Å². The highest BCUT2D eigenvalue weighted by atomic mass is 31.0. The molecule has 0 saturated carbocycles. The van der Waals surface area contributed by atoms with Crippen LogP contribution in [0.15, 0.2) is 84.9 Å². The van der Waals surface area contributed by atoms with Gasteiger partial charge in [0, 0.05) is 5.56 Å². The Morgan fingerprint density at radius 3 is 2.10 bits per heavy atom. The molecule has 0 aliphatic rings. The molecule has 30 heavy (non-hydrogen) atoms. The Kier molecular flexibility index (Phi) is 7.89. The molecule has 3 atom stereocenters. The van der Waals surface area contributed by atoms with Gasteiger partial charge in [-0.25, -0.2) is 0 Å². The van der Waals surface area contributed by atoms with Crippen molar-refractivity contribution in [1.82, 2.24) is 5.32 Å². The van der Waals surface area contributed by atoms with E-state index in [2.05, 4.69) is 14.6 Å². The van der Waals surface area contributed by atoms with Crippen molar-refractivity contribution in [3.63, 3.8) is 0 Å². The molecule has 154 valence electrons. The van der Waals surface area contributed by atoms with Crippen LogP contribution < -0.4 is 10.6 Å². The molecule has 0 radical (unpaired) electrons. The third-order valence-electron chi connectivity index (χ3n) is 4.83. The maximum absolute atomic E-state index is 12.9. The molecule has 3 unspecified atom stereocenters. The molecule has 0 bridgehead atoms. The zero-order valence-electron chi connectivity index (χ0n) is 17.0. The van der Waals surface area contributed by atoms with Crippen molar-refractivity contribution in [1.29, 1.82) is 0 Å². The smallest absolute Gasteiger partial charge is 0.323 e. The molecule has 3 rings (SSSR count). The van der Waals surface area contributed by atoms with Crippen LogP contribution in [0.4, 0.5) is 0 Å². The van der Waals surface area contributed by atoms with Crippen LogP contribution in [0.2, 0.25) is 0 Å². The van der Waals surface area contributed by atoms with Gasteiger partial charge in [0.05, 0.1) is 6.04 Å². The molecule has 0 aliphatic heterocycles. The number of rotatable bonds is 9. The first-order chi connectivity index (χ1) is 14.5. The van der Waals surface area contributed by atoms with Crippen LogP contribution in [0.3, 0.4) is 0 Å². The van der Waals surface area contributed by atoms with Crippen molar-refractivity contribution in [2.45, 2.75) is 32.0 Å². The zero-order valence-corrected chi connectivity index (χ0v) is 18.1. The summed E-state index contributed by atoms with van der Waals surface area (Å²) in [6.45, 7) is 1.97. The molecule has 0 heterocycles. The van der Waals surface area contributed by atoms with E-state index in [1.165, 1.54) is 0 Å². The lowest BCUT2D eigenvalue weighted by Gasteiger charge is -2.22. The number of esters is 1. The van der Waals surface area contributed by atoms with Gasteiger partial charge in [-0.3, -0.25) is 14.9 Å². The zero-order chi connectivity index (χ0) is 21.3. The Bertz CT molecular complexity index is 959. The van der Waals surface area contributed by atoms with E-state index in [0.717, 1.165) is 16.4 Å². The maximum atomic E-state index is 12.9. The van der Waals surface area contributed by atoms with Gasteiger partial charge in [-0.15, -0.1) is 9.24 Å². The highest BCUT2D eigenvalue weighted by molar-refractivity contribution is 7.27. The quantitative estimate of drug-likeness (QED) is 0.326. The van der Waals surface area contributed by atoms with Gasteiger partial charge in [0.1, 0.15) is 12.6 Å². The maximum Gasteiger partial charge on any atom is 0.323 e. The van der Waals surface area contributed by atoms with Crippen molar-refractivity contribution in [2.24, 2.45) is 0 Å². The lowest BCUT2D eigenvalue weighted by Crippen LogP contribution is -2.47. The number of ether oxygens (including phenoxy) is 1. The molecule has 0 aliphatic carbocycles. The van der Waals surface area contributed by atoms with Gasteiger partial charge < -0.3 is 4.74 Å². The van der Waals surface area contributed by atoms with E-state index < -0.39 is 12.1 Å². The fourth-order valence-electron chi connectivity index (χ4n) is 3.16. The summed E-state index contributed by atoms with van der Waals surface area (Å²) in [7, 11) is 2.63. The number of carbonyl (C=O) groups is 2. The SMILES string of the molecule is CC(NC(Cc1ccccc1)C(=O)OCc1ccc(P)cc1)C(=O)c1ccccc1. The summed E-state index contributed by atoms with van der Waals surface area (Å²) in [4.78, 5) is 25.6. The van der Waals surface area contributed by atoms with Crippen LogP contribution in [0.5, 0.6) is 0 Å². The highest BCUT2D eigenvalue weighted by Crippen LogP contribution is 2.10. The number of nitrogens with one attached hydrogen (secondary N) is 1. The third kappa shape index (κ3) is 6.35. The molecular weight excluding hydrogens is 393 g/mol. The van der Waals surface area contributed by atoms with E-state index in [-0.39, 0.29) is 18.4 Å². The summed E-state index contributed by atoms with van der Waals surface area (Å²) in [5, 5.41) is 4.25. The standard InChI is InChI=1S/C25H26NO3P/c1-18(24(27)21-10-6-3-7-11-21)26-23(16-19-8-4-2-5-9-19)25(28)29-17-20-12-14-22(30)15-13-20/h2-15,18,23,26H,16-17,30H2,1H3. The van der Waals surface area contributed by atoms with Crippen LogP contribution in [0.25, 0.3) is 0 Å².